The number of rotatable bonds is 3. The van der Waals surface area contributed by atoms with E-state index in [0.29, 0.717) is 18.5 Å². The highest BCUT2D eigenvalue weighted by molar-refractivity contribution is 5.85. The Morgan fingerprint density at radius 2 is 2.25 bits per heavy atom. The molecule has 2 aromatic rings. The van der Waals surface area contributed by atoms with Crippen molar-refractivity contribution in [1.29, 1.82) is 0 Å². The molecule has 0 saturated heterocycles. The summed E-state index contributed by atoms with van der Waals surface area (Å²) in [6, 6.07) is 7.41. The van der Waals surface area contributed by atoms with E-state index in [-0.39, 0.29) is 5.56 Å². The highest BCUT2D eigenvalue weighted by atomic mass is 16.5. The number of pyridine rings is 1. The third-order valence-electron chi connectivity index (χ3n) is 2.56. The summed E-state index contributed by atoms with van der Waals surface area (Å²) < 4.78 is 5.25. The molecular weight excluding hydrogens is 204 g/mol. The molecule has 0 bridgehead atoms. The van der Waals surface area contributed by atoms with Gasteiger partial charge in [0.05, 0.1) is 12.6 Å². The van der Waals surface area contributed by atoms with Crippen LogP contribution in [-0.4, -0.2) is 18.6 Å². The van der Waals surface area contributed by atoms with E-state index in [2.05, 4.69) is 4.98 Å². The van der Waals surface area contributed by atoms with E-state index in [9.17, 15) is 4.79 Å². The molecule has 84 valence electrons. The molecule has 2 rings (SSSR count). The van der Waals surface area contributed by atoms with Crippen LogP contribution in [0.2, 0.25) is 0 Å². The molecular formula is C12H14N2O2. The zero-order valence-corrected chi connectivity index (χ0v) is 9.12. The van der Waals surface area contributed by atoms with E-state index in [1.165, 1.54) is 0 Å². The summed E-state index contributed by atoms with van der Waals surface area (Å²) in [6.07, 6.45) is 0.573. The first-order chi connectivity index (χ1) is 7.76. The van der Waals surface area contributed by atoms with Crippen molar-refractivity contribution < 1.29 is 4.74 Å². The number of methoxy groups -OCH3 is 1. The number of H-pyrrole nitrogens is 1. The minimum atomic E-state index is -0.0776. The summed E-state index contributed by atoms with van der Waals surface area (Å²) >= 11 is 0. The van der Waals surface area contributed by atoms with Crippen LogP contribution in [0, 0.1) is 0 Å². The Morgan fingerprint density at radius 1 is 1.44 bits per heavy atom. The Labute approximate surface area is 93.0 Å². The molecule has 0 fully saturated rings. The van der Waals surface area contributed by atoms with Crippen LogP contribution in [0.4, 0.5) is 0 Å². The predicted octanol–water partition coefficient (Wildman–Crippen LogP) is 1.04. The Kier molecular flexibility index (Phi) is 2.92. The van der Waals surface area contributed by atoms with Gasteiger partial charge in [0.25, 0.3) is 5.56 Å². The minimum absolute atomic E-state index is 0.0776. The molecule has 0 radical (unpaired) electrons. The van der Waals surface area contributed by atoms with Crippen molar-refractivity contribution in [2.24, 2.45) is 5.73 Å². The molecule has 1 aromatic carbocycles. The molecule has 4 nitrogen and oxygen atoms in total. The first kappa shape index (κ1) is 10.7. The average Bonchev–Trinajstić information content (AvgIpc) is 2.29. The molecule has 0 amide bonds. The van der Waals surface area contributed by atoms with Gasteiger partial charge in [0.15, 0.2) is 0 Å². The van der Waals surface area contributed by atoms with Gasteiger partial charge in [0.2, 0.25) is 0 Å². The molecule has 1 aromatic heterocycles. The van der Waals surface area contributed by atoms with Crippen LogP contribution in [0.25, 0.3) is 10.9 Å². The fourth-order valence-corrected chi connectivity index (χ4v) is 1.76. The van der Waals surface area contributed by atoms with E-state index in [1.807, 2.05) is 24.3 Å². The lowest BCUT2D eigenvalue weighted by Gasteiger charge is -2.06. The van der Waals surface area contributed by atoms with Gasteiger partial charge in [-0.3, -0.25) is 4.79 Å². The smallest absolute Gasteiger partial charge is 0.251 e. The van der Waals surface area contributed by atoms with Gasteiger partial charge in [0.1, 0.15) is 5.75 Å². The van der Waals surface area contributed by atoms with Crippen molar-refractivity contribution in [3.63, 3.8) is 0 Å². The van der Waals surface area contributed by atoms with Gasteiger partial charge in [-0.15, -0.1) is 0 Å². The topological polar surface area (TPSA) is 68.1 Å². The lowest BCUT2D eigenvalue weighted by atomic mass is 10.1. The molecule has 0 aliphatic rings. The SMILES string of the molecule is COc1cccc2[nH]c(=O)c(CCN)cc12. The Hall–Kier alpha value is -1.81. The normalized spacial score (nSPS) is 10.6. The maximum atomic E-state index is 11.7. The maximum absolute atomic E-state index is 11.7. The Morgan fingerprint density at radius 3 is 2.94 bits per heavy atom. The number of hydrogen-bond acceptors (Lipinski definition) is 3. The molecule has 16 heavy (non-hydrogen) atoms. The number of aromatic nitrogens is 1. The molecule has 0 unspecified atom stereocenters. The molecule has 3 N–H and O–H groups in total. The maximum Gasteiger partial charge on any atom is 0.251 e. The summed E-state index contributed by atoms with van der Waals surface area (Å²) in [5.41, 5.74) is 6.86. The monoisotopic (exact) mass is 218 g/mol. The first-order valence-electron chi connectivity index (χ1n) is 5.15. The van der Waals surface area contributed by atoms with Crippen molar-refractivity contribution in [3.8, 4) is 5.75 Å². The second-order valence-corrected chi connectivity index (χ2v) is 3.58. The van der Waals surface area contributed by atoms with Crippen LogP contribution in [-0.2, 0) is 6.42 Å². The van der Waals surface area contributed by atoms with E-state index < -0.39 is 0 Å². The number of aromatic amines is 1. The quantitative estimate of drug-likeness (QED) is 0.808. The van der Waals surface area contributed by atoms with E-state index in [4.69, 9.17) is 10.5 Å². The largest absolute Gasteiger partial charge is 0.496 e. The van der Waals surface area contributed by atoms with Gasteiger partial charge in [0, 0.05) is 10.9 Å². The number of nitrogens with one attached hydrogen (secondary N) is 1. The van der Waals surface area contributed by atoms with E-state index >= 15 is 0 Å². The fraction of sp³-hybridized carbons (Fsp3) is 0.250. The first-order valence-corrected chi connectivity index (χ1v) is 5.15. The van der Waals surface area contributed by atoms with Gasteiger partial charge in [-0.1, -0.05) is 6.07 Å². The van der Waals surface area contributed by atoms with Crippen molar-refractivity contribution >= 4 is 10.9 Å². The van der Waals surface area contributed by atoms with Gasteiger partial charge in [-0.2, -0.15) is 0 Å². The number of ether oxygens (including phenoxy) is 1. The second-order valence-electron chi connectivity index (χ2n) is 3.58. The lowest BCUT2D eigenvalue weighted by Crippen LogP contribution is -2.16. The van der Waals surface area contributed by atoms with Crippen LogP contribution >= 0.6 is 0 Å². The third-order valence-corrected chi connectivity index (χ3v) is 2.56. The molecule has 0 aliphatic carbocycles. The van der Waals surface area contributed by atoms with E-state index in [1.54, 1.807) is 7.11 Å². The average molecular weight is 218 g/mol. The molecule has 0 saturated carbocycles. The summed E-state index contributed by atoms with van der Waals surface area (Å²) in [6.45, 7) is 0.462. The standard InChI is InChI=1S/C12H14N2O2/c1-16-11-4-2-3-10-9(11)7-8(5-6-13)12(15)14-10/h2-4,7H,5-6,13H2,1H3,(H,14,15). The van der Waals surface area contributed by atoms with Crippen LogP contribution < -0.4 is 16.0 Å². The van der Waals surface area contributed by atoms with Gasteiger partial charge in [-0.05, 0) is 31.2 Å². The van der Waals surface area contributed by atoms with Crippen LogP contribution in [0.5, 0.6) is 5.75 Å². The van der Waals surface area contributed by atoms with Crippen LogP contribution in [0.1, 0.15) is 5.56 Å². The lowest BCUT2D eigenvalue weighted by molar-refractivity contribution is 0.419. The number of fused-ring (bicyclic) bond motifs is 1. The van der Waals surface area contributed by atoms with Gasteiger partial charge in [-0.25, -0.2) is 0 Å². The van der Waals surface area contributed by atoms with Crippen molar-refractivity contribution in [2.45, 2.75) is 6.42 Å². The minimum Gasteiger partial charge on any atom is -0.496 e. The predicted molar refractivity (Wildman–Crippen MR) is 63.9 cm³/mol. The Balaban J connectivity index is 2.70. The Bertz CT molecular complexity index is 560. The van der Waals surface area contributed by atoms with E-state index in [0.717, 1.165) is 16.7 Å². The zero-order valence-electron chi connectivity index (χ0n) is 9.12. The number of benzene rings is 1. The number of hydrogen-bond donors (Lipinski definition) is 2. The highest BCUT2D eigenvalue weighted by Crippen LogP contribution is 2.23. The molecule has 0 atom stereocenters. The second kappa shape index (κ2) is 4.37. The summed E-state index contributed by atoms with van der Waals surface area (Å²) in [4.78, 5) is 14.5. The zero-order chi connectivity index (χ0) is 11.5. The third kappa shape index (κ3) is 1.79. The van der Waals surface area contributed by atoms with Crippen LogP contribution in [0.3, 0.4) is 0 Å². The molecule has 0 aliphatic heterocycles. The van der Waals surface area contributed by atoms with Gasteiger partial charge >= 0.3 is 0 Å². The summed E-state index contributed by atoms with van der Waals surface area (Å²) in [7, 11) is 1.61. The summed E-state index contributed by atoms with van der Waals surface area (Å²) in [5.74, 6) is 0.757. The van der Waals surface area contributed by atoms with Gasteiger partial charge < -0.3 is 15.5 Å². The van der Waals surface area contributed by atoms with Crippen LogP contribution in [0.15, 0.2) is 29.1 Å². The van der Waals surface area contributed by atoms with Crippen molar-refractivity contribution in [3.05, 3.63) is 40.2 Å². The summed E-state index contributed by atoms with van der Waals surface area (Å²) in [5, 5.41) is 0.910. The number of nitrogens with two attached hydrogens (primary N) is 1. The molecule has 1 heterocycles. The van der Waals surface area contributed by atoms with Crippen molar-refractivity contribution in [1.82, 2.24) is 4.98 Å². The molecule has 4 heteroatoms. The highest BCUT2D eigenvalue weighted by Gasteiger charge is 2.05. The van der Waals surface area contributed by atoms with Crippen molar-refractivity contribution in [2.75, 3.05) is 13.7 Å². The fourth-order valence-electron chi connectivity index (χ4n) is 1.76. The molecule has 0 spiro atoms.